The zero-order valence-corrected chi connectivity index (χ0v) is 11.1. The summed E-state index contributed by atoms with van der Waals surface area (Å²) in [6, 6.07) is 9.84. The van der Waals surface area contributed by atoms with Gasteiger partial charge >= 0.3 is 0 Å². The number of carbonyl (C=O) groups is 1. The molecule has 1 aromatic rings. The van der Waals surface area contributed by atoms with Crippen molar-refractivity contribution in [3.05, 3.63) is 30.3 Å². The van der Waals surface area contributed by atoms with Gasteiger partial charge in [-0.25, -0.2) is 0 Å². The first kappa shape index (κ1) is 13.1. The zero-order chi connectivity index (χ0) is 12.8. The van der Waals surface area contributed by atoms with Crippen molar-refractivity contribution in [2.45, 2.75) is 25.7 Å². The van der Waals surface area contributed by atoms with E-state index in [0.717, 1.165) is 25.2 Å². The van der Waals surface area contributed by atoms with E-state index < -0.39 is 0 Å². The third-order valence-electron chi connectivity index (χ3n) is 3.68. The van der Waals surface area contributed by atoms with Gasteiger partial charge in [-0.1, -0.05) is 18.2 Å². The highest BCUT2D eigenvalue weighted by molar-refractivity contribution is 5.92. The Morgan fingerprint density at radius 2 is 2.17 bits per heavy atom. The van der Waals surface area contributed by atoms with Crippen LogP contribution in [0.15, 0.2) is 30.3 Å². The van der Waals surface area contributed by atoms with Crippen LogP contribution in [-0.2, 0) is 4.79 Å². The molecule has 1 amide bonds. The molecule has 1 fully saturated rings. The lowest BCUT2D eigenvalue weighted by Gasteiger charge is -2.23. The Morgan fingerprint density at radius 1 is 1.39 bits per heavy atom. The first-order valence-corrected chi connectivity index (χ1v) is 6.79. The van der Waals surface area contributed by atoms with E-state index in [-0.39, 0.29) is 5.91 Å². The van der Waals surface area contributed by atoms with Gasteiger partial charge < -0.3 is 10.2 Å². The second kappa shape index (κ2) is 6.55. The van der Waals surface area contributed by atoms with Crippen LogP contribution in [0.5, 0.6) is 0 Å². The van der Waals surface area contributed by atoms with E-state index in [2.05, 4.69) is 5.32 Å². The number of amides is 1. The number of para-hydroxylation sites is 1. The fourth-order valence-electron chi connectivity index (χ4n) is 2.46. The van der Waals surface area contributed by atoms with Crippen LogP contribution in [0.25, 0.3) is 0 Å². The smallest absolute Gasteiger partial charge is 0.226 e. The van der Waals surface area contributed by atoms with Gasteiger partial charge in [0.1, 0.15) is 0 Å². The molecule has 98 valence electrons. The van der Waals surface area contributed by atoms with E-state index in [9.17, 15) is 4.79 Å². The molecule has 3 nitrogen and oxygen atoms in total. The van der Waals surface area contributed by atoms with Gasteiger partial charge in [0, 0.05) is 19.2 Å². The second-order valence-corrected chi connectivity index (χ2v) is 5.04. The number of piperidine rings is 1. The summed E-state index contributed by atoms with van der Waals surface area (Å²) in [7, 11) is 1.86. The molecule has 0 spiro atoms. The van der Waals surface area contributed by atoms with Crippen LogP contribution in [0.4, 0.5) is 5.69 Å². The summed E-state index contributed by atoms with van der Waals surface area (Å²) in [4.78, 5) is 13.9. The predicted molar refractivity (Wildman–Crippen MR) is 74.7 cm³/mol. The summed E-state index contributed by atoms with van der Waals surface area (Å²) in [5.74, 6) is 0.888. The molecule has 0 aromatic heterocycles. The Labute approximate surface area is 109 Å². The number of carbonyl (C=O) groups excluding carboxylic acids is 1. The van der Waals surface area contributed by atoms with Gasteiger partial charge in [-0.05, 0) is 50.4 Å². The summed E-state index contributed by atoms with van der Waals surface area (Å²) >= 11 is 0. The lowest BCUT2D eigenvalue weighted by atomic mass is 9.94. The van der Waals surface area contributed by atoms with Gasteiger partial charge in [0.2, 0.25) is 5.91 Å². The number of anilines is 1. The maximum atomic E-state index is 12.1. The summed E-state index contributed by atoms with van der Waals surface area (Å²) in [6.45, 7) is 2.21. The Morgan fingerprint density at radius 3 is 2.83 bits per heavy atom. The lowest BCUT2D eigenvalue weighted by Crippen LogP contribution is -2.31. The van der Waals surface area contributed by atoms with Gasteiger partial charge in [-0.3, -0.25) is 4.79 Å². The average Bonchev–Trinajstić information content (AvgIpc) is 2.46. The number of nitrogens with one attached hydrogen (secondary N) is 1. The molecular weight excluding hydrogens is 224 g/mol. The number of nitrogens with zero attached hydrogens (tertiary/aromatic N) is 1. The Kier molecular flexibility index (Phi) is 4.76. The lowest BCUT2D eigenvalue weighted by molar-refractivity contribution is -0.118. The molecule has 1 aliphatic heterocycles. The maximum Gasteiger partial charge on any atom is 0.226 e. The van der Waals surface area contributed by atoms with E-state index in [0.29, 0.717) is 12.3 Å². The van der Waals surface area contributed by atoms with Crippen molar-refractivity contribution in [3.8, 4) is 0 Å². The molecule has 0 radical (unpaired) electrons. The molecule has 18 heavy (non-hydrogen) atoms. The highest BCUT2D eigenvalue weighted by Crippen LogP contribution is 2.18. The number of hydrogen-bond acceptors (Lipinski definition) is 2. The molecule has 0 saturated carbocycles. The topological polar surface area (TPSA) is 32.3 Å². The molecule has 1 atom stereocenters. The third-order valence-corrected chi connectivity index (χ3v) is 3.68. The molecule has 0 aliphatic carbocycles. The summed E-state index contributed by atoms with van der Waals surface area (Å²) in [5, 5.41) is 3.39. The van der Waals surface area contributed by atoms with E-state index in [1.807, 2.05) is 37.4 Å². The van der Waals surface area contributed by atoms with Crippen LogP contribution in [0.2, 0.25) is 0 Å². The van der Waals surface area contributed by atoms with Crippen molar-refractivity contribution < 1.29 is 4.79 Å². The van der Waals surface area contributed by atoms with Gasteiger partial charge in [-0.2, -0.15) is 0 Å². The highest BCUT2D eigenvalue weighted by Gasteiger charge is 2.16. The van der Waals surface area contributed by atoms with Crippen molar-refractivity contribution in [1.82, 2.24) is 5.32 Å². The minimum atomic E-state index is 0.215. The van der Waals surface area contributed by atoms with E-state index in [4.69, 9.17) is 0 Å². The SMILES string of the molecule is CN(C(=O)CCC1CCCNC1)c1ccccc1. The summed E-state index contributed by atoms with van der Waals surface area (Å²) in [6.07, 6.45) is 4.16. The van der Waals surface area contributed by atoms with Crippen LogP contribution >= 0.6 is 0 Å². The molecule has 1 aliphatic rings. The maximum absolute atomic E-state index is 12.1. The third kappa shape index (κ3) is 3.57. The Bertz CT molecular complexity index is 371. The van der Waals surface area contributed by atoms with E-state index in [1.165, 1.54) is 12.8 Å². The molecule has 1 N–H and O–H groups in total. The zero-order valence-electron chi connectivity index (χ0n) is 11.1. The van der Waals surface area contributed by atoms with Gasteiger partial charge in [0.05, 0.1) is 0 Å². The molecule has 3 heteroatoms. The summed E-state index contributed by atoms with van der Waals surface area (Å²) < 4.78 is 0. The molecule has 1 saturated heterocycles. The number of rotatable bonds is 4. The molecule has 1 unspecified atom stereocenters. The Balaban J connectivity index is 1.80. The molecule has 2 rings (SSSR count). The quantitative estimate of drug-likeness (QED) is 0.885. The minimum absolute atomic E-state index is 0.215. The fraction of sp³-hybridized carbons (Fsp3) is 0.533. The van der Waals surface area contributed by atoms with E-state index >= 15 is 0 Å². The van der Waals surface area contributed by atoms with Gasteiger partial charge in [0.25, 0.3) is 0 Å². The van der Waals surface area contributed by atoms with Crippen molar-refractivity contribution in [2.75, 3.05) is 25.0 Å². The molecular formula is C15H22N2O. The molecule has 1 aromatic carbocycles. The van der Waals surface area contributed by atoms with Crippen LogP contribution in [0, 0.1) is 5.92 Å². The predicted octanol–water partition coefficient (Wildman–Crippen LogP) is 2.43. The van der Waals surface area contributed by atoms with Crippen molar-refractivity contribution in [3.63, 3.8) is 0 Å². The first-order chi connectivity index (χ1) is 8.77. The number of hydrogen-bond donors (Lipinski definition) is 1. The normalized spacial score (nSPS) is 19.5. The highest BCUT2D eigenvalue weighted by atomic mass is 16.2. The van der Waals surface area contributed by atoms with Crippen LogP contribution in [-0.4, -0.2) is 26.0 Å². The van der Waals surface area contributed by atoms with Crippen molar-refractivity contribution >= 4 is 11.6 Å². The van der Waals surface area contributed by atoms with Crippen LogP contribution in [0.3, 0.4) is 0 Å². The van der Waals surface area contributed by atoms with Gasteiger partial charge in [0.15, 0.2) is 0 Å². The second-order valence-electron chi connectivity index (χ2n) is 5.04. The fourth-order valence-corrected chi connectivity index (χ4v) is 2.46. The van der Waals surface area contributed by atoms with E-state index in [1.54, 1.807) is 4.90 Å². The standard InChI is InChI=1S/C15H22N2O/c1-17(14-7-3-2-4-8-14)15(18)10-9-13-6-5-11-16-12-13/h2-4,7-8,13,16H,5-6,9-12H2,1H3. The van der Waals surface area contributed by atoms with Crippen molar-refractivity contribution in [1.29, 1.82) is 0 Å². The first-order valence-electron chi connectivity index (χ1n) is 6.79. The largest absolute Gasteiger partial charge is 0.316 e. The molecule has 1 heterocycles. The van der Waals surface area contributed by atoms with Gasteiger partial charge in [-0.15, -0.1) is 0 Å². The molecule has 0 bridgehead atoms. The Hall–Kier alpha value is -1.35. The minimum Gasteiger partial charge on any atom is -0.316 e. The van der Waals surface area contributed by atoms with Crippen LogP contribution < -0.4 is 10.2 Å². The van der Waals surface area contributed by atoms with Crippen molar-refractivity contribution in [2.24, 2.45) is 5.92 Å². The van der Waals surface area contributed by atoms with Crippen LogP contribution in [0.1, 0.15) is 25.7 Å². The summed E-state index contributed by atoms with van der Waals surface area (Å²) in [5.41, 5.74) is 0.976. The number of benzene rings is 1. The monoisotopic (exact) mass is 246 g/mol. The average molecular weight is 246 g/mol.